The molecule has 0 unspecified atom stereocenters. The lowest BCUT2D eigenvalue weighted by molar-refractivity contribution is -0.134. The summed E-state index contributed by atoms with van der Waals surface area (Å²) in [4.78, 5) is 39.7. The number of nitrogens with one attached hydrogen (secondary N) is 1. The molecule has 0 radical (unpaired) electrons. The van der Waals surface area contributed by atoms with E-state index in [1.165, 1.54) is 13.0 Å². The molecule has 8 nitrogen and oxygen atoms in total. The molecule has 0 bridgehead atoms. The number of carbonyl (C=O) groups is 3. The second-order valence-electron chi connectivity index (χ2n) is 6.88. The highest BCUT2D eigenvalue weighted by Gasteiger charge is 2.23. The van der Waals surface area contributed by atoms with Gasteiger partial charge in [-0.05, 0) is 30.3 Å². The molecule has 0 atom stereocenters. The minimum Gasteiger partial charge on any atom is -0.495 e. The maximum Gasteiger partial charge on any atom is 0.338 e. The molecule has 2 aromatic rings. The van der Waals surface area contributed by atoms with Crippen LogP contribution in [0.1, 0.15) is 17.3 Å². The fourth-order valence-electron chi connectivity index (χ4n) is 3.32. The van der Waals surface area contributed by atoms with Gasteiger partial charge in [0.1, 0.15) is 5.75 Å². The number of piperazine rings is 1. The molecule has 0 saturated carbocycles. The lowest BCUT2D eigenvalue weighted by Crippen LogP contribution is -2.50. The average Bonchev–Trinajstić information content (AvgIpc) is 2.77. The van der Waals surface area contributed by atoms with Crippen LogP contribution in [0.2, 0.25) is 0 Å². The zero-order valence-electron chi connectivity index (χ0n) is 17.1. The summed E-state index contributed by atoms with van der Waals surface area (Å²) < 4.78 is 10.6. The second-order valence-corrected chi connectivity index (χ2v) is 6.88. The van der Waals surface area contributed by atoms with Gasteiger partial charge in [-0.25, -0.2) is 4.79 Å². The van der Waals surface area contributed by atoms with Gasteiger partial charge < -0.3 is 24.6 Å². The molecule has 158 valence electrons. The number of amides is 2. The number of hydrogen-bond donors (Lipinski definition) is 1. The number of methoxy groups -OCH3 is 1. The third-order valence-electron chi connectivity index (χ3n) is 4.80. The summed E-state index contributed by atoms with van der Waals surface area (Å²) >= 11 is 0. The molecular formula is C22H25N3O5. The number of esters is 1. The predicted octanol–water partition coefficient (Wildman–Crippen LogP) is 2.16. The summed E-state index contributed by atoms with van der Waals surface area (Å²) in [7, 11) is 1.64. The minimum absolute atomic E-state index is 0.233. The van der Waals surface area contributed by atoms with Crippen molar-refractivity contribution in [3.05, 3.63) is 54.1 Å². The number of carbonyl (C=O) groups excluding carboxylic acids is 3. The van der Waals surface area contributed by atoms with Crippen LogP contribution in [-0.4, -0.2) is 62.6 Å². The molecule has 1 aliphatic rings. The lowest BCUT2D eigenvalue weighted by atomic mass is 10.2. The highest BCUT2D eigenvalue weighted by Crippen LogP contribution is 2.28. The van der Waals surface area contributed by atoms with Crippen LogP contribution in [0.5, 0.6) is 5.75 Å². The molecule has 1 aliphatic heterocycles. The average molecular weight is 411 g/mol. The first kappa shape index (κ1) is 21.2. The van der Waals surface area contributed by atoms with E-state index in [0.717, 1.165) is 11.4 Å². The van der Waals surface area contributed by atoms with Gasteiger partial charge in [0.2, 0.25) is 5.91 Å². The van der Waals surface area contributed by atoms with Crippen LogP contribution in [0, 0.1) is 0 Å². The summed E-state index contributed by atoms with van der Waals surface area (Å²) in [6.07, 6.45) is 0. The summed E-state index contributed by atoms with van der Waals surface area (Å²) in [6.45, 7) is 3.46. The van der Waals surface area contributed by atoms with Crippen LogP contribution in [0.25, 0.3) is 0 Å². The minimum atomic E-state index is -0.608. The van der Waals surface area contributed by atoms with Gasteiger partial charge >= 0.3 is 5.97 Å². The van der Waals surface area contributed by atoms with Crippen molar-refractivity contribution in [1.29, 1.82) is 0 Å². The number of ether oxygens (including phenoxy) is 2. The van der Waals surface area contributed by atoms with E-state index < -0.39 is 5.97 Å². The SMILES string of the molecule is COc1ccccc1N1CCN(C(=O)COC(=O)c2cccc(NC(C)=O)c2)CC1. The number of benzene rings is 2. The van der Waals surface area contributed by atoms with E-state index in [0.29, 0.717) is 31.9 Å². The van der Waals surface area contributed by atoms with E-state index in [1.807, 2.05) is 24.3 Å². The van der Waals surface area contributed by atoms with E-state index >= 15 is 0 Å². The number of para-hydroxylation sites is 2. The van der Waals surface area contributed by atoms with Gasteiger partial charge in [0, 0.05) is 38.8 Å². The Hall–Kier alpha value is -3.55. The van der Waals surface area contributed by atoms with Gasteiger partial charge in [-0.1, -0.05) is 18.2 Å². The van der Waals surface area contributed by atoms with Gasteiger partial charge in [-0.2, -0.15) is 0 Å². The van der Waals surface area contributed by atoms with Gasteiger partial charge in [0.25, 0.3) is 5.91 Å². The molecule has 2 aromatic carbocycles. The Balaban J connectivity index is 1.50. The number of anilines is 2. The second kappa shape index (κ2) is 9.78. The first-order chi connectivity index (χ1) is 14.5. The monoisotopic (exact) mass is 411 g/mol. The van der Waals surface area contributed by atoms with Crippen molar-refractivity contribution in [3.8, 4) is 5.75 Å². The third kappa shape index (κ3) is 5.28. The Morgan fingerprint density at radius 1 is 1.00 bits per heavy atom. The maximum absolute atomic E-state index is 12.5. The van der Waals surface area contributed by atoms with Crippen molar-refractivity contribution in [1.82, 2.24) is 4.90 Å². The fraction of sp³-hybridized carbons (Fsp3) is 0.318. The number of rotatable bonds is 6. The normalized spacial score (nSPS) is 13.5. The van der Waals surface area contributed by atoms with Gasteiger partial charge in [0.15, 0.2) is 6.61 Å². The molecule has 8 heteroatoms. The van der Waals surface area contributed by atoms with Crippen LogP contribution in [0.15, 0.2) is 48.5 Å². The van der Waals surface area contributed by atoms with E-state index in [4.69, 9.17) is 9.47 Å². The Bertz CT molecular complexity index is 922. The quantitative estimate of drug-likeness (QED) is 0.733. The summed E-state index contributed by atoms with van der Waals surface area (Å²) in [5.74, 6) is -0.278. The van der Waals surface area contributed by atoms with E-state index in [1.54, 1.807) is 30.2 Å². The van der Waals surface area contributed by atoms with Crippen molar-refractivity contribution >= 4 is 29.2 Å². The molecule has 1 heterocycles. The fourth-order valence-corrected chi connectivity index (χ4v) is 3.32. The Kier molecular flexibility index (Phi) is 6.90. The first-order valence-electron chi connectivity index (χ1n) is 9.68. The molecule has 0 aromatic heterocycles. The Morgan fingerprint density at radius 3 is 2.43 bits per heavy atom. The largest absolute Gasteiger partial charge is 0.495 e. The molecule has 1 fully saturated rings. The maximum atomic E-state index is 12.5. The van der Waals surface area contributed by atoms with Crippen LogP contribution >= 0.6 is 0 Å². The molecule has 1 N–H and O–H groups in total. The highest BCUT2D eigenvalue weighted by atomic mass is 16.5. The lowest BCUT2D eigenvalue weighted by Gasteiger charge is -2.36. The van der Waals surface area contributed by atoms with E-state index in [9.17, 15) is 14.4 Å². The topological polar surface area (TPSA) is 88.2 Å². The standard InChI is InChI=1S/C22H25N3O5/c1-16(26)23-18-7-5-6-17(14-18)22(28)30-15-21(27)25-12-10-24(11-13-25)19-8-3-4-9-20(19)29-2/h3-9,14H,10-13,15H2,1-2H3,(H,23,26). The molecule has 0 spiro atoms. The van der Waals surface area contributed by atoms with E-state index in [-0.39, 0.29) is 24.0 Å². The van der Waals surface area contributed by atoms with Gasteiger partial charge in [0.05, 0.1) is 18.4 Å². The third-order valence-corrected chi connectivity index (χ3v) is 4.80. The van der Waals surface area contributed by atoms with Crippen molar-refractivity contribution in [2.45, 2.75) is 6.92 Å². The van der Waals surface area contributed by atoms with Crippen molar-refractivity contribution in [2.75, 3.05) is 50.1 Å². The predicted molar refractivity (Wildman–Crippen MR) is 113 cm³/mol. The van der Waals surface area contributed by atoms with Crippen LogP contribution in [-0.2, 0) is 14.3 Å². The summed E-state index contributed by atoms with van der Waals surface area (Å²) in [5, 5.41) is 2.61. The van der Waals surface area contributed by atoms with Crippen LogP contribution < -0.4 is 15.0 Å². The van der Waals surface area contributed by atoms with Crippen molar-refractivity contribution in [3.63, 3.8) is 0 Å². The van der Waals surface area contributed by atoms with Crippen molar-refractivity contribution in [2.24, 2.45) is 0 Å². The summed E-state index contributed by atoms with van der Waals surface area (Å²) in [5.41, 5.74) is 1.77. The molecule has 0 aliphatic carbocycles. The molecule has 1 saturated heterocycles. The first-order valence-corrected chi connectivity index (χ1v) is 9.68. The summed E-state index contributed by atoms with van der Waals surface area (Å²) in [6, 6.07) is 14.2. The molecular weight excluding hydrogens is 386 g/mol. The number of hydrogen-bond acceptors (Lipinski definition) is 6. The smallest absolute Gasteiger partial charge is 0.338 e. The Labute approximate surface area is 175 Å². The van der Waals surface area contributed by atoms with Gasteiger partial charge in [-0.3, -0.25) is 9.59 Å². The molecule has 30 heavy (non-hydrogen) atoms. The zero-order valence-corrected chi connectivity index (χ0v) is 17.1. The molecule has 3 rings (SSSR count). The Morgan fingerprint density at radius 2 is 1.73 bits per heavy atom. The van der Waals surface area contributed by atoms with Gasteiger partial charge in [-0.15, -0.1) is 0 Å². The molecule has 2 amide bonds. The zero-order chi connectivity index (χ0) is 21.5. The van der Waals surface area contributed by atoms with Crippen LogP contribution in [0.3, 0.4) is 0 Å². The number of nitrogens with zero attached hydrogens (tertiary/aromatic N) is 2. The van der Waals surface area contributed by atoms with E-state index in [2.05, 4.69) is 10.2 Å². The van der Waals surface area contributed by atoms with Crippen LogP contribution in [0.4, 0.5) is 11.4 Å². The van der Waals surface area contributed by atoms with Crippen molar-refractivity contribution < 1.29 is 23.9 Å². The highest BCUT2D eigenvalue weighted by molar-refractivity contribution is 5.94.